The van der Waals surface area contributed by atoms with Crippen molar-refractivity contribution < 1.29 is 9.59 Å². The smallest absolute Gasteiger partial charge is 0.242 e. The van der Waals surface area contributed by atoms with E-state index in [0.717, 1.165) is 11.3 Å². The van der Waals surface area contributed by atoms with Gasteiger partial charge in [0.05, 0.1) is 5.75 Å². The number of carbonyl (C=O) groups is 2. The van der Waals surface area contributed by atoms with Gasteiger partial charge in [0, 0.05) is 23.9 Å². The third-order valence-electron chi connectivity index (χ3n) is 4.61. The molecule has 156 valence electrons. The topological polar surface area (TPSA) is 49.4 Å². The van der Waals surface area contributed by atoms with E-state index in [9.17, 15) is 9.59 Å². The lowest BCUT2D eigenvalue weighted by atomic mass is 10.1. The maximum absolute atomic E-state index is 13.1. The second kappa shape index (κ2) is 11.9. The molecule has 29 heavy (non-hydrogen) atoms. The van der Waals surface area contributed by atoms with Crippen LogP contribution in [0.15, 0.2) is 48.5 Å². The number of carbonyl (C=O) groups excluding carboxylic acids is 2. The fourth-order valence-corrected chi connectivity index (χ4v) is 4.22. The van der Waals surface area contributed by atoms with Gasteiger partial charge in [-0.15, -0.1) is 11.8 Å². The Hall–Kier alpha value is -1.98. The lowest BCUT2D eigenvalue weighted by Crippen LogP contribution is -2.49. The van der Waals surface area contributed by atoms with Gasteiger partial charge in [0.1, 0.15) is 6.04 Å². The summed E-state index contributed by atoms with van der Waals surface area (Å²) >= 11 is 7.88. The third-order valence-corrected chi connectivity index (χ3v) is 5.97. The van der Waals surface area contributed by atoms with Gasteiger partial charge in [-0.3, -0.25) is 9.59 Å². The van der Waals surface area contributed by atoms with E-state index in [2.05, 4.69) is 30.4 Å². The van der Waals surface area contributed by atoms with Crippen molar-refractivity contribution in [3.05, 3.63) is 70.2 Å². The predicted octanol–water partition coefficient (Wildman–Crippen LogP) is 4.83. The van der Waals surface area contributed by atoms with E-state index in [1.807, 2.05) is 38.1 Å². The zero-order valence-electron chi connectivity index (χ0n) is 17.3. The first-order chi connectivity index (χ1) is 14.0. The zero-order valence-corrected chi connectivity index (χ0v) is 18.9. The molecule has 0 aliphatic rings. The number of amides is 2. The maximum Gasteiger partial charge on any atom is 0.242 e. The number of nitrogens with one attached hydrogen (secondary N) is 1. The van der Waals surface area contributed by atoms with Crippen LogP contribution in [0, 0.1) is 6.92 Å². The van der Waals surface area contributed by atoms with Crippen LogP contribution in [-0.2, 0) is 21.9 Å². The summed E-state index contributed by atoms with van der Waals surface area (Å²) in [7, 11) is 0. The quantitative estimate of drug-likeness (QED) is 0.585. The van der Waals surface area contributed by atoms with E-state index in [1.165, 1.54) is 11.1 Å². The number of hydrogen-bond acceptors (Lipinski definition) is 3. The minimum absolute atomic E-state index is 0.0549. The summed E-state index contributed by atoms with van der Waals surface area (Å²) in [5, 5.41) is 3.45. The minimum Gasteiger partial charge on any atom is -0.355 e. The minimum atomic E-state index is -0.515. The van der Waals surface area contributed by atoms with Gasteiger partial charge in [0.2, 0.25) is 11.8 Å². The van der Waals surface area contributed by atoms with Crippen molar-refractivity contribution in [1.82, 2.24) is 10.2 Å². The maximum atomic E-state index is 13.1. The van der Waals surface area contributed by atoms with Crippen LogP contribution in [0.1, 0.15) is 37.0 Å². The lowest BCUT2D eigenvalue weighted by molar-refractivity contribution is -0.139. The summed E-state index contributed by atoms with van der Waals surface area (Å²) in [5.41, 5.74) is 3.24. The molecule has 2 amide bonds. The number of halogens is 1. The van der Waals surface area contributed by atoms with E-state index in [4.69, 9.17) is 11.6 Å². The normalized spacial score (nSPS) is 11.7. The van der Waals surface area contributed by atoms with Gasteiger partial charge in [0.25, 0.3) is 0 Å². The summed E-state index contributed by atoms with van der Waals surface area (Å²) in [6, 6.07) is 15.2. The molecule has 0 radical (unpaired) electrons. The summed E-state index contributed by atoms with van der Waals surface area (Å²) in [6.45, 7) is 6.71. The molecular formula is C23H29ClN2O2S. The SMILES string of the molecule is CCNC(=O)[C@@H](CC)N(Cc1ccccc1Cl)C(=O)CSCc1cccc(C)c1. The molecule has 4 nitrogen and oxygen atoms in total. The molecule has 2 aromatic rings. The fraction of sp³-hybridized carbons (Fsp3) is 0.391. The van der Waals surface area contributed by atoms with Gasteiger partial charge >= 0.3 is 0 Å². The molecule has 0 bridgehead atoms. The second-order valence-corrected chi connectivity index (χ2v) is 8.31. The molecule has 0 saturated carbocycles. The second-order valence-electron chi connectivity index (χ2n) is 6.91. The Morgan fingerprint density at radius 1 is 1.14 bits per heavy atom. The van der Waals surface area contributed by atoms with Crippen LogP contribution in [0.25, 0.3) is 0 Å². The summed E-state index contributed by atoms with van der Waals surface area (Å²) in [6.07, 6.45) is 0.546. The highest BCUT2D eigenvalue weighted by molar-refractivity contribution is 7.99. The van der Waals surface area contributed by atoms with Crippen LogP contribution < -0.4 is 5.32 Å². The van der Waals surface area contributed by atoms with Gasteiger partial charge < -0.3 is 10.2 Å². The Morgan fingerprint density at radius 3 is 2.55 bits per heavy atom. The van der Waals surface area contributed by atoms with Crippen molar-refractivity contribution in [2.75, 3.05) is 12.3 Å². The van der Waals surface area contributed by atoms with Crippen molar-refractivity contribution in [1.29, 1.82) is 0 Å². The molecule has 0 aliphatic heterocycles. The molecule has 1 N–H and O–H groups in total. The number of aryl methyl sites for hydroxylation is 1. The molecule has 1 atom stereocenters. The molecule has 0 spiro atoms. The molecule has 0 heterocycles. The third kappa shape index (κ3) is 7.09. The van der Waals surface area contributed by atoms with Crippen molar-refractivity contribution in [3.8, 4) is 0 Å². The number of nitrogens with zero attached hydrogens (tertiary/aromatic N) is 1. The summed E-state index contributed by atoms with van der Waals surface area (Å²) < 4.78 is 0. The highest BCUT2D eigenvalue weighted by Crippen LogP contribution is 2.21. The van der Waals surface area contributed by atoms with Crippen LogP contribution in [0.2, 0.25) is 5.02 Å². The average Bonchev–Trinajstić information content (AvgIpc) is 2.69. The molecule has 0 aromatic heterocycles. The van der Waals surface area contributed by atoms with Gasteiger partial charge in [-0.05, 0) is 37.5 Å². The standard InChI is InChI=1S/C23H29ClN2O2S/c1-4-21(23(28)25-5-2)26(14-19-11-6-7-12-20(19)24)22(27)16-29-15-18-10-8-9-17(3)13-18/h6-13,21H,4-5,14-16H2,1-3H3,(H,25,28)/t21-/m1/s1. The molecule has 2 rings (SSSR count). The number of hydrogen-bond donors (Lipinski definition) is 1. The molecule has 6 heteroatoms. The van der Waals surface area contributed by atoms with Crippen molar-refractivity contribution in [2.24, 2.45) is 0 Å². The van der Waals surface area contributed by atoms with Crippen molar-refractivity contribution >= 4 is 35.2 Å². The van der Waals surface area contributed by atoms with Crippen LogP contribution >= 0.6 is 23.4 Å². The predicted molar refractivity (Wildman–Crippen MR) is 122 cm³/mol. The Kier molecular flexibility index (Phi) is 9.55. The van der Waals surface area contributed by atoms with Gasteiger partial charge in [-0.25, -0.2) is 0 Å². The van der Waals surface area contributed by atoms with E-state index in [1.54, 1.807) is 22.7 Å². The van der Waals surface area contributed by atoms with Crippen LogP contribution in [-0.4, -0.2) is 35.1 Å². The summed E-state index contributed by atoms with van der Waals surface area (Å²) in [4.78, 5) is 27.4. The fourth-order valence-electron chi connectivity index (χ4n) is 3.16. The van der Waals surface area contributed by atoms with E-state index >= 15 is 0 Å². The highest BCUT2D eigenvalue weighted by Gasteiger charge is 2.28. The Labute approximate surface area is 183 Å². The molecule has 0 aliphatic carbocycles. The van der Waals surface area contributed by atoms with Gasteiger partial charge in [-0.2, -0.15) is 0 Å². The van der Waals surface area contributed by atoms with E-state index in [0.29, 0.717) is 30.3 Å². The van der Waals surface area contributed by atoms with Gasteiger partial charge in [-0.1, -0.05) is 66.6 Å². The molecule has 0 saturated heterocycles. The monoisotopic (exact) mass is 432 g/mol. The largest absolute Gasteiger partial charge is 0.355 e. The van der Waals surface area contributed by atoms with Crippen LogP contribution in [0.4, 0.5) is 0 Å². The Bertz CT molecular complexity index is 828. The number of rotatable bonds is 10. The molecule has 2 aromatic carbocycles. The molecule has 0 unspecified atom stereocenters. The van der Waals surface area contributed by atoms with Crippen LogP contribution in [0.5, 0.6) is 0 Å². The number of thioether (sulfide) groups is 1. The average molecular weight is 433 g/mol. The molecular weight excluding hydrogens is 404 g/mol. The Balaban J connectivity index is 2.12. The Morgan fingerprint density at radius 2 is 1.90 bits per heavy atom. The van der Waals surface area contributed by atoms with Crippen molar-refractivity contribution in [2.45, 2.75) is 45.5 Å². The molecule has 0 fully saturated rings. The number of likely N-dealkylation sites (N-methyl/N-ethyl adjacent to an activating group) is 1. The first-order valence-electron chi connectivity index (χ1n) is 9.90. The number of benzene rings is 2. The van der Waals surface area contributed by atoms with E-state index < -0.39 is 6.04 Å². The van der Waals surface area contributed by atoms with Crippen molar-refractivity contribution in [3.63, 3.8) is 0 Å². The van der Waals surface area contributed by atoms with E-state index in [-0.39, 0.29) is 11.8 Å². The van der Waals surface area contributed by atoms with Gasteiger partial charge in [0.15, 0.2) is 0 Å². The lowest BCUT2D eigenvalue weighted by Gasteiger charge is -2.30. The highest BCUT2D eigenvalue weighted by atomic mass is 35.5. The van der Waals surface area contributed by atoms with Crippen LogP contribution in [0.3, 0.4) is 0 Å². The zero-order chi connectivity index (χ0) is 21.2. The first kappa shape index (κ1) is 23.3. The first-order valence-corrected chi connectivity index (χ1v) is 11.4. The summed E-state index contributed by atoms with van der Waals surface area (Å²) in [5.74, 6) is 0.888.